The number of phenolic OH excluding ortho intramolecular Hbond substituents is 1. The molecule has 0 saturated carbocycles. The summed E-state index contributed by atoms with van der Waals surface area (Å²) in [7, 11) is 0. The SMILES string of the molecule is Nc1ccc(-c2nn[nH]n2)c(O)c1. The quantitative estimate of drug-likeness (QED) is 0.538. The van der Waals surface area contributed by atoms with Gasteiger partial charge in [-0.25, -0.2) is 0 Å². The summed E-state index contributed by atoms with van der Waals surface area (Å²) >= 11 is 0. The highest BCUT2D eigenvalue weighted by atomic mass is 16.3. The van der Waals surface area contributed by atoms with E-state index < -0.39 is 0 Å². The van der Waals surface area contributed by atoms with Crippen molar-refractivity contribution in [3.63, 3.8) is 0 Å². The topological polar surface area (TPSA) is 101 Å². The summed E-state index contributed by atoms with van der Waals surface area (Å²) in [6, 6.07) is 4.73. The molecule has 0 saturated heterocycles. The summed E-state index contributed by atoms with van der Waals surface area (Å²) in [5, 5.41) is 22.6. The van der Waals surface area contributed by atoms with E-state index >= 15 is 0 Å². The van der Waals surface area contributed by atoms with Gasteiger partial charge in [-0.2, -0.15) is 5.21 Å². The second-order valence-corrected chi connectivity index (χ2v) is 2.51. The Balaban J connectivity index is 2.53. The fraction of sp³-hybridized carbons (Fsp3) is 0. The minimum absolute atomic E-state index is 0.0430. The first kappa shape index (κ1) is 7.53. The van der Waals surface area contributed by atoms with Crippen LogP contribution in [0.25, 0.3) is 11.4 Å². The maximum absolute atomic E-state index is 9.46. The summed E-state index contributed by atoms with van der Waals surface area (Å²) in [5.74, 6) is 0.388. The lowest BCUT2D eigenvalue weighted by Crippen LogP contribution is -1.86. The minimum Gasteiger partial charge on any atom is -0.507 e. The van der Waals surface area contributed by atoms with Crippen molar-refractivity contribution in [3.05, 3.63) is 18.2 Å². The van der Waals surface area contributed by atoms with E-state index in [2.05, 4.69) is 20.6 Å². The lowest BCUT2D eigenvalue weighted by molar-refractivity contribution is 0.477. The maximum atomic E-state index is 9.46. The van der Waals surface area contributed by atoms with Gasteiger partial charge in [0.05, 0.1) is 5.56 Å². The number of aromatic nitrogens is 4. The third kappa shape index (κ3) is 1.28. The van der Waals surface area contributed by atoms with E-state index in [-0.39, 0.29) is 5.75 Å². The molecule has 0 spiro atoms. The van der Waals surface area contributed by atoms with Crippen molar-refractivity contribution in [1.29, 1.82) is 0 Å². The number of anilines is 1. The molecule has 66 valence electrons. The number of hydrogen-bond acceptors (Lipinski definition) is 5. The second kappa shape index (κ2) is 2.74. The number of H-pyrrole nitrogens is 1. The highest BCUT2D eigenvalue weighted by Gasteiger charge is 2.07. The van der Waals surface area contributed by atoms with Gasteiger partial charge >= 0.3 is 0 Å². The van der Waals surface area contributed by atoms with E-state index in [4.69, 9.17) is 5.73 Å². The van der Waals surface area contributed by atoms with Crippen molar-refractivity contribution >= 4 is 5.69 Å². The number of nitrogens with two attached hydrogens (primary N) is 1. The molecule has 0 aliphatic heterocycles. The van der Waals surface area contributed by atoms with E-state index in [0.29, 0.717) is 17.1 Å². The zero-order chi connectivity index (χ0) is 9.26. The number of aromatic amines is 1. The molecular formula is C7H7N5O. The van der Waals surface area contributed by atoms with Crippen LogP contribution in [0.3, 0.4) is 0 Å². The number of hydrogen-bond donors (Lipinski definition) is 3. The van der Waals surface area contributed by atoms with Crippen LogP contribution in [-0.2, 0) is 0 Å². The zero-order valence-electron chi connectivity index (χ0n) is 6.60. The standard InChI is InChI=1S/C7H7N5O/c8-4-1-2-5(6(13)3-4)7-9-11-12-10-7/h1-3,13H,8H2,(H,9,10,11,12). The second-order valence-electron chi connectivity index (χ2n) is 2.51. The molecule has 0 aliphatic rings. The molecule has 2 rings (SSSR count). The van der Waals surface area contributed by atoms with Gasteiger partial charge in [0.1, 0.15) is 5.75 Å². The molecule has 1 heterocycles. The van der Waals surface area contributed by atoms with Crippen molar-refractivity contribution in [2.24, 2.45) is 0 Å². The molecule has 0 fully saturated rings. The monoisotopic (exact) mass is 177 g/mol. The summed E-state index contributed by atoms with van der Waals surface area (Å²) < 4.78 is 0. The molecule has 1 aromatic heterocycles. The number of benzene rings is 1. The van der Waals surface area contributed by atoms with Crippen LogP contribution in [0.4, 0.5) is 5.69 Å². The third-order valence-corrected chi connectivity index (χ3v) is 1.61. The highest BCUT2D eigenvalue weighted by molar-refractivity contribution is 5.66. The molecule has 0 amide bonds. The number of nitrogens with one attached hydrogen (secondary N) is 1. The van der Waals surface area contributed by atoms with Crippen molar-refractivity contribution < 1.29 is 5.11 Å². The molecule has 0 radical (unpaired) electrons. The van der Waals surface area contributed by atoms with Gasteiger partial charge in [-0.15, -0.1) is 10.2 Å². The summed E-state index contributed by atoms with van der Waals surface area (Å²) in [5.41, 5.74) is 6.45. The van der Waals surface area contributed by atoms with Gasteiger partial charge in [0.2, 0.25) is 5.82 Å². The smallest absolute Gasteiger partial charge is 0.208 e. The first-order valence-corrected chi connectivity index (χ1v) is 3.59. The van der Waals surface area contributed by atoms with Crippen molar-refractivity contribution in [1.82, 2.24) is 20.6 Å². The van der Waals surface area contributed by atoms with Crippen molar-refractivity contribution in [3.8, 4) is 17.1 Å². The predicted molar refractivity (Wildman–Crippen MR) is 45.7 cm³/mol. The molecule has 1 aromatic carbocycles. The number of phenols is 1. The van der Waals surface area contributed by atoms with Gasteiger partial charge in [0.25, 0.3) is 0 Å². The molecular weight excluding hydrogens is 170 g/mol. The molecule has 4 N–H and O–H groups in total. The maximum Gasteiger partial charge on any atom is 0.208 e. The average Bonchev–Trinajstić information content (AvgIpc) is 2.56. The lowest BCUT2D eigenvalue weighted by atomic mass is 10.2. The van der Waals surface area contributed by atoms with Gasteiger partial charge in [0, 0.05) is 11.8 Å². The normalized spacial score (nSPS) is 10.2. The summed E-state index contributed by atoms with van der Waals surface area (Å²) in [6.45, 7) is 0. The average molecular weight is 177 g/mol. The molecule has 2 aromatic rings. The Hall–Kier alpha value is -2.11. The van der Waals surface area contributed by atoms with E-state index in [1.54, 1.807) is 12.1 Å². The number of aromatic hydroxyl groups is 1. The molecule has 0 aliphatic carbocycles. The number of rotatable bonds is 1. The van der Waals surface area contributed by atoms with Gasteiger partial charge in [-0.05, 0) is 17.3 Å². The fourth-order valence-corrected chi connectivity index (χ4v) is 1.01. The molecule has 0 bridgehead atoms. The predicted octanol–water partition coefficient (Wildman–Crippen LogP) is 0.154. The summed E-state index contributed by atoms with van der Waals surface area (Å²) in [4.78, 5) is 0. The van der Waals surface area contributed by atoms with Gasteiger partial charge in [-0.1, -0.05) is 0 Å². The summed E-state index contributed by atoms with van der Waals surface area (Å²) in [6.07, 6.45) is 0. The van der Waals surface area contributed by atoms with Crippen molar-refractivity contribution in [2.75, 3.05) is 5.73 Å². The van der Waals surface area contributed by atoms with Crippen LogP contribution in [-0.4, -0.2) is 25.7 Å². The molecule has 6 heteroatoms. The van der Waals surface area contributed by atoms with Crippen LogP contribution in [0.5, 0.6) is 5.75 Å². The van der Waals surface area contributed by atoms with E-state index in [1.807, 2.05) is 0 Å². The van der Waals surface area contributed by atoms with Crippen LogP contribution in [0.2, 0.25) is 0 Å². The first-order chi connectivity index (χ1) is 6.27. The fourth-order valence-electron chi connectivity index (χ4n) is 1.01. The lowest BCUT2D eigenvalue weighted by Gasteiger charge is -1.99. The van der Waals surface area contributed by atoms with Crippen molar-refractivity contribution in [2.45, 2.75) is 0 Å². The number of nitrogens with zero attached hydrogens (tertiary/aromatic N) is 3. The third-order valence-electron chi connectivity index (χ3n) is 1.61. The van der Waals surface area contributed by atoms with Gasteiger partial charge in [-0.3, -0.25) is 0 Å². The van der Waals surface area contributed by atoms with Gasteiger partial charge in [0.15, 0.2) is 0 Å². The van der Waals surface area contributed by atoms with Crippen LogP contribution in [0.15, 0.2) is 18.2 Å². The van der Waals surface area contributed by atoms with Crippen LogP contribution in [0.1, 0.15) is 0 Å². The van der Waals surface area contributed by atoms with E-state index in [1.165, 1.54) is 6.07 Å². The largest absolute Gasteiger partial charge is 0.507 e. The Bertz CT molecular complexity index is 411. The Morgan fingerprint density at radius 2 is 2.23 bits per heavy atom. The van der Waals surface area contributed by atoms with E-state index in [0.717, 1.165) is 0 Å². The Labute approximate surface area is 73.4 Å². The Morgan fingerprint density at radius 1 is 1.38 bits per heavy atom. The van der Waals surface area contributed by atoms with Crippen LogP contribution in [0, 0.1) is 0 Å². The Kier molecular flexibility index (Phi) is 1.59. The highest BCUT2D eigenvalue weighted by Crippen LogP contribution is 2.27. The van der Waals surface area contributed by atoms with Crippen LogP contribution < -0.4 is 5.73 Å². The zero-order valence-corrected chi connectivity index (χ0v) is 6.60. The van der Waals surface area contributed by atoms with Crippen LogP contribution >= 0.6 is 0 Å². The number of tetrazole rings is 1. The molecule has 6 nitrogen and oxygen atoms in total. The minimum atomic E-state index is 0.0430. The van der Waals surface area contributed by atoms with Gasteiger partial charge < -0.3 is 10.8 Å². The molecule has 13 heavy (non-hydrogen) atoms. The molecule has 0 unspecified atom stereocenters. The number of nitrogen functional groups attached to an aromatic ring is 1. The van der Waals surface area contributed by atoms with E-state index in [9.17, 15) is 5.11 Å². The first-order valence-electron chi connectivity index (χ1n) is 3.59. The Morgan fingerprint density at radius 3 is 2.85 bits per heavy atom. The molecule has 0 atom stereocenters.